The maximum atomic E-state index is 11.7. The smallest absolute Gasteiger partial charge is 0.325 e. The van der Waals surface area contributed by atoms with Gasteiger partial charge in [-0.05, 0) is 24.3 Å². The zero-order chi connectivity index (χ0) is 13.6. The molecule has 0 atom stereocenters. The molecule has 4 nitrogen and oxygen atoms in total. The van der Waals surface area contributed by atoms with Gasteiger partial charge in [0.05, 0.1) is 0 Å². The van der Waals surface area contributed by atoms with Crippen LogP contribution in [-0.4, -0.2) is 25.2 Å². The molecule has 2 N–H and O–H groups in total. The summed E-state index contributed by atoms with van der Waals surface area (Å²) in [7, 11) is 0. The van der Waals surface area contributed by atoms with E-state index in [-0.39, 0.29) is 6.54 Å². The summed E-state index contributed by atoms with van der Waals surface area (Å²) in [6, 6.07) is 6.75. The minimum atomic E-state index is -4.42. The van der Waals surface area contributed by atoms with E-state index >= 15 is 0 Å². The molecule has 100 valence electrons. The van der Waals surface area contributed by atoms with Gasteiger partial charge in [-0.1, -0.05) is 15.9 Å². The Bertz CT molecular complexity index is 395. The van der Waals surface area contributed by atoms with E-state index in [1.807, 2.05) is 5.48 Å². The number of hydroxylamine groups is 1. The Hall–Kier alpha value is -1.12. The van der Waals surface area contributed by atoms with Crippen molar-refractivity contribution in [3.63, 3.8) is 0 Å². The van der Waals surface area contributed by atoms with Crippen LogP contribution in [-0.2, 0) is 9.63 Å². The molecule has 1 amide bonds. The van der Waals surface area contributed by atoms with Crippen LogP contribution in [0.1, 0.15) is 0 Å². The van der Waals surface area contributed by atoms with Gasteiger partial charge in [0, 0.05) is 10.2 Å². The molecule has 0 radical (unpaired) electrons. The normalized spacial score (nSPS) is 11.3. The number of rotatable bonds is 5. The summed E-state index contributed by atoms with van der Waals surface area (Å²) in [5, 5.41) is 2.48. The number of hydrogen-bond donors (Lipinski definition) is 2. The van der Waals surface area contributed by atoms with Crippen molar-refractivity contribution < 1.29 is 22.8 Å². The molecule has 0 aliphatic rings. The minimum Gasteiger partial charge on any atom is -0.325 e. The molecule has 0 aliphatic carbocycles. The van der Waals surface area contributed by atoms with E-state index in [1.54, 1.807) is 24.3 Å². The van der Waals surface area contributed by atoms with E-state index in [9.17, 15) is 18.0 Å². The van der Waals surface area contributed by atoms with E-state index in [0.717, 1.165) is 4.47 Å². The second kappa shape index (κ2) is 6.72. The van der Waals surface area contributed by atoms with Crippen LogP contribution in [0.4, 0.5) is 18.9 Å². The first-order valence-corrected chi connectivity index (χ1v) is 5.63. The molecule has 0 saturated carbocycles. The van der Waals surface area contributed by atoms with Crippen molar-refractivity contribution in [2.24, 2.45) is 0 Å². The lowest BCUT2D eigenvalue weighted by Crippen LogP contribution is -2.31. The van der Waals surface area contributed by atoms with Crippen LogP contribution in [0.2, 0.25) is 0 Å². The number of nitrogens with one attached hydrogen (secondary N) is 2. The molecule has 0 heterocycles. The van der Waals surface area contributed by atoms with Gasteiger partial charge >= 0.3 is 6.18 Å². The summed E-state index contributed by atoms with van der Waals surface area (Å²) in [6.07, 6.45) is -4.42. The van der Waals surface area contributed by atoms with Gasteiger partial charge in [-0.15, -0.1) is 0 Å². The number of amides is 1. The van der Waals surface area contributed by atoms with Gasteiger partial charge in [0.25, 0.3) is 0 Å². The molecule has 0 aliphatic heterocycles. The highest BCUT2D eigenvalue weighted by Crippen LogP contribution is 2.14. The lowest BCUT2D eigenvalue weighted by Gasteiger charge is -2.09. The average molecular weight is 327 g/mol. The third-order valence-corrected chi connectivity index (χ3v) is 2.23. The fourth-order valence-corrected chi connectivity index (χ4v) is 1.25. The van der Waals surface area contributed by atoms with Crippen molar-refractivity contribution in [2.75, 3.05) is 18.5 Å². The van der Waals surface area contributed by atoms with Crippen LogP contribution in [0, 0.1) is 0 Å². The summed E-state index contributed by atoms with van der Waals surface area (Å²) in [4.78, 5) is 15.4. The van der Waals surface area contributed by atoms with Crippen LogP contribution in [0.15, 0.2) is 28.7 Å². The van der Waals surface area contributed by atoms with Gasteiger partial charge < -0.3 is 5.32 Å². The first-order valence-electron chi connectivity index (χ1n) is 4.83. The molecular formula is C10H10BrF3N2O2. The Morgan fingerprint density at radius 1 is 1.28 bits per heavy atom. The molecule has 0 saturated heterocycles. The van der Waals surface area contributed by atoms with Gasteiger partial charge in [0.15, 0.2) is 6.61 Å². The zero-order valence-electron chi connectivity index (χ0n) is 9.05. The maximum absolute atomic E-state index is 11.7. The van der Waals surface area contributed by atoms with Crippen LogP contribution in [0.5, 0.6) is 0 Å². The van der Waals surface area contributed by atoms with Crippen LogP contribution in [0.25, 0.3) is 0 Å². The summed E-state index contributed by atoms with van der Waals surface area (Å²) >= 11 is 3.23. The molecule has 1 aromatic rings. The van der Waals surface area contributed by atoms with Crippen LogP contribution in [0.3, 0.4) is 0 Å². The van der Waals surface area contributed by atoms with E-state index in [1.165, 1.54) is 0 Å². The van der Waals surface area contributed by atoms with Crippen molar-refractivity contribution in [3.8, 4) is 0 Å². The SMILES string of the molecule is O=C(CNOCC(F)(F)F)Nc1ccc(Br)cc1. The molecule has 0 spiro atoms. The molecule has 0 aromatic heterocycles. The largest absolute Gasteiger partial charge is 0.413 e. The van der Waals surface area contributed by atoms with Crippen molar-refractivity contribution in [2.45, 2.75) is 6.18 Å². The van der Waals surface area contributed by atoms with E-state index in [2.05, 4.69) is 26.1 Å². The number of hydrogen-bond acceptors (Lipinski definition) is 3. The van der Waals surface area contributed by atoms with Gasteiger partial charge in [0.2, 0.25) is 5.91 Å². The molecule has 0 bridgehead atoms. The lowest BCUT2D eigenvalue weighted by atomic mass is 10.3. The van der Waals surface area contributed by atoms with Gasteiger partial charge in [-0.25, -0.2) is 0 Å². The predicted molar refractivity (Wildman–Crippen MR) is 62.8 cm³/mol. The Morgan fingerprint density at radius 3 is 2.44 bits per heavy atom. The second-order valence-electron chi connectivity index (χ2n) is 3.28. The zero-order valence-corrected chi connectivity index (χ0v) is 10.6. The number of halogens is 4. The fourth-order valence-electron chi connectivity index (χ4n) is 0.988. The number of carbonyl (C=O) groups is 1. The summed E-state index contributed by atoms with van der Waals surface area (Å²) in [5.74, 6) is -0.500. The van der Waals surface area contributed by atoms with Gasteiger partial charge in [-0.2, -0.15) is 18.7 Å². The molecule has 18 heavy (non-hydrogen) atoms. The second-order valence-corrected chi connectivity index (χ2v) is 4.20. The molecule has 8 heteroatoms. The standard InChI is InChI=1S/C10H10BrF3N2O2/c11-7-1-3-8(4-2-7)16-9(17)5-15-18-6-10(12,13)14/h1-4,15H,5-6H2,(H,16,17). The minimum absolute atomic E-state index is 0.369. The van der Waals surface area contributed by atoms with Gasteiger partial charge in [-0.3, -0.25) is 9.63 Å². The highest BCUT2D eigenvalue weighted by Gasteiger charge is 2.27. The van der Waals surface area contributed by atoms with Crippen molar-refractivity contribution in [1.29, 1.82) is 0 Å². The molecule has 0 unspecified atom stereocenters. The number of alkyl halides is 3. The highest BCUT2D eigenvalue weighted by atomic mass is 79.9. The van der Waals surface area contributed by atoms with Crippen molar-refractivity contribution in [3.05, 3.63) is 28.7 Å². The number of carbonyl (C=O) groups excluding carboxylic acids is 1. The summed E-state index contributed by atoms with van der Waals surface area (Å²) in [5.41, 5.74) is 2.47. The predicted octanol–water partition coefficient (Wildman–Crippen LogP) is 2.47. The topological polar surface area (TPSA) is 50.4 Å². The highest BCUT2D eigenvalue weighted by molar-refractivity contribution is 9.10. The average Bonchev–Trinajstić information content (AvgIpc) is 2.26. The summed E-state index contributed by atoms with van der Waals surface area (Å²) in [6.45, 7) is -1.81. The maximum Gasteiger partial charge on any atom is 0.413 e. The first-order chi connectivity index (χ1) is 8.37. The first kappa shape index (κ1) is 14.9. The van der Waals surface area contributed by atoms with Crippen molar-refractivity contribution >= 4 is 27.5 Å². The van der Waals surface area contributed by atoms with E-state index < -0.39 is 18.7 Å². The molecule has 0 fully saturated rings. The summed E-state index contributed by atoms with van der Waals surface area (Å²) < 4.78 is 35.9. The van der Waals surface area contributed by atoms with Crippen LogP contribution >= 0.6 is 15.9 Å². The van der Waals surface area contributed by atoms with Gasteiger partial charge in [0.1, 0.15) is 6.54 Å². The molecule has 1 aromatic carbocycles. The number of benzene rings is 1. The van der Waals surface area contributed by atoms with E-state index in [4.69, 9.17) is 0 Å². The molecule has 1 rings (SSSR count). The third kappa shape index (κ3) is 6.58. The third-order valence-electron chi connectivity index (χ3n) is 1.70. The molecular weight excluding hydrogens is 317 g/mol. The monoisotopic (exact) mass is 326 g/mol. The lowest BCUT2D eigenvalue weighted by molar-refractivity contribution is -0.189. The van der Waals surface area contributed by atoms with Crippen molar-refractivity contribution in [1.82, 2.24) is 5.48 Å². The Morgan fingerprint density at radius 2 is 1.89 bits per heavy atom. The number of anilines is 1. The quantitative estimate of drug-likeness (QED) is 0.645. The van der Waals surface area contributed by atoms with E-state index in [0.29, 0.717) is 5.69 Å². The Kier molecular flexibility index (Phi) is 5.57. The Labute approximate surface area is 110 Å². The Balaban J connectivity index is 2.24. The fraction of sp³-hybridized carbons (Fsp3) is 0.300. The van der Waals surface area contributed by atoms with Crippen LogP contribution < -0.4 is 10.8 Å².